The average molecular weight is 508 g/mol. The Hall–Kier alpha value is -2.42. The van der Waals surface area contributed by atoms with Crippen LogP contribution in [0.1, 0.15) is 31.2 Å². The summed E-state index contributed by atoms with van der Waals surface area (Å²) in [4.78, 5) is 31.2. The molecule has 4 rings (SSSR count). The molecule has 3 aromatic rings. The largest absolute Gasteiger partial charge is 0.463 e. The van der Waals surface area contributed by atoms with Crippen LogP contribution in [0.4, 0.5) is 0 Å². The minimum Gasteiger partial charge on any atom is -0.463 e. The summed E-state index contributed by atoms with van der Waals surface area (Å²) in [5.74, 6) is 0.00989. The molecule has 1 aromatic carbocycles. The standard InChI is InChI=1S/C21H16BrClN2O4S/c1-3-28-20(27)17-11(2)24-21-25(18(17)13-6-4-5-7-14(13)23)19(26)15(30-21)10-12-8-9-16(22)29-12/h4-10,18H,3H2,1-2H3/t18-/m0/s1. The molecular formula is C21H16BrClN2O4S. The second-order valence-corrected chi connectivity index (χ2v) is 8.66. The maximum atomic E-state index is 13.4. The first kappa shape index (κ1) is 20.8. The molecule has 0 fully saturated rings. The first-order valence-corrected chi connectivity index (χ1v) is 11.1. The number of nitrogens with zero attached hydrogens (tertiary/aromatic N) is 2. The number of hydrogen-bond donors (Lipinski definition) is 0. The second kappa shape index (κ2) is 8.37. The van der Waals surface area contributed by atoms with Crippen molar-refractivity contribution < 1.29 is 13.9 Å². The van der Waals surface area contributed by atoms with Gasteiger partial charge in [-0.1, -0.05) is 41.1 Å². The molecule has 0 radical (unpaired) electrons. The quantitative estimate of drug-likeness (QED) is 0.504. The van der Waals surface area contributed by atoms with Gasteiger partial charge in [-0.05, 0) is 53.5 Å². The molecule has 0 spiro atoms. The third-order valence-electron chi connectivity index (χ3n) is 4.58. The zero-order valence-corrected chi connectivity index (χ0v) is 19.2. The number of halogens is 2. The van der Waals surface area contributed by atoms with Gasteiger partial charge in [-0.2, -0.15) is 0 Å². The van der Waals surface area contributed by atoms with Crippen LogP contribution in [0, 0.1) is 0 Å². The highest BCUT2D eigenvalue weighted by Gasteiger charge is 2.34. The molecule has 1 atom stereocenters. The van der Waals surface area contributed by atoms with Gasteiger partial charge in [0, 0.05) is 11.1 Å². The summed E-state index contributed by atoms with van der Waals surface area (Å²) in [5.41, 5.74) is 1.13. The highest BCUT2D eigenvalue weighted by atomic mass is 79.9. The lowest BCUT2D eigenvalue weighted by molar-refractivity contribution is -0.139. The molecule has 6 nitrogen and oxygen atoms in total. The molecule has 0 unspecified atom stereocenters. The van der Waals surface area contributed by atoms with E-state index in [2.05, 4.69) is 20.9 Å². The summed E-state index contributed by atoms with van der Waals surface area (Å²) in [5, 5.41) is 0.448. The molecule has 0 aliphatic carbocycles. The lowest BCUT2D eigenvalue weighted by Gasteiger charge is -2.25. The number of furan rings is 1. The molecule has 30 heavy (non-hydrogen) atoms. The Morgan fingerprint density at radius 1 is 1.37 bits per heavy atom. The fourth-order valence-corrected chi connectivity index (χ4v) is 4.90. The fourth-order valence-electron chi connectivity index (χ4n) is 3.32. The summed E-state index contributed by atoms with van der Waals surface area (Å²) < 4.78 is 13.3. The Bertz CT molecular complexity index is 1350. The summed E-state index contributed by atoms with van der Waals surface area (Å²) in [6, 6.07) is 9.90. The molecule has 0 saturated heterocycles. The van der Waals surface area contributed by atoms with Gasteiger partial charge in [0.1, 0.15) is 11.8 Å². The number of benzene rings is 1. The van der Waals surface area contributed by atoms with Crippen LogP contribution in [0.15, 0.2) is 66.5 Å². The van der Waals surface area contributed by atoms with Gasteiger partial charge in [-0.3, -0.25) is 9.36 Å². The Morgan fingerprint density at radius 2 is 2.13 bits per heavy atom. The first-order chi connectivity index (χ1) is 14.4. The van der Waals surface area contributed by atoms with Crippen molar-refractivity contribution in [2.75, 3.05) is 6.61 Å². The second-order valence-electron chi connectivity index (χ2n) is 6.47. The number of fused-ring (bicyclic) bond motifs is 1. The number of hydrogen-bond acceptors (Lipinski definition) is 6. The van der Waals surface area contributed by atoms with E-state index in [0.717, 1.165) is 0 Å². The average Bonchev–Trinajstić information content (AvgIpc) is 3.24. The van der Waals surface area contributed by atoms with Gasteiger partial charge in [-0.25, -0.2) is 9.79 Å². The van der Waals surface area contributed by atoms with Crippen molar-refractivity contribution in [3.8, 4) is 0 Å². The predicted octanol–water partition coefficient (Wildman–Crippen LogP) is 3.81. The Morgan fingerprint density at radius 3 is 2.80 bits per heavy atom. The van der Waals surface area contributed by atoms with Crippen molar-refractivity contribution in [1.82, 2.24) is 4.57 Å². The molecule has 3 heterocycles. The van der Waals surface area contributed by atoms with E-state index in [1.54, 1.807) is 50.3 Å². The SMILES string of the molecule is CCOC(=O)C1=C(C)N=c2sc(=Cc3ccc(Br)o3)c(=O)n2[C@H]1c1ccccc1Cl. The van der Waals surface area contributed by atoms with Gasteiger partial charge >= 0.3 is 5.97 Å². The monoisotopic (exact) mass is 506 g/mol. The number of esters is 1. The van der Waals surface area contributed by atoms with Crippen molar-refractivity contribution in [3.63, 3.8) is 0 Å². The molecule has 1 aliphatic rings. The molecule has 0 N–H and O–H groups in total. The topological polar surface area (TPSA) is 73.8 Å². The minimum absolute atomic E-state index is 0.211. The van der Waals surface area contributed by atoms with E-state index < -0.39 is 12.0 Å². The molecule has 0 saturated carbocycles. The van der Waals surface area contributed by atoms with Gasteiger partial charge in [0.2, 0.25) is 0 Å². The summed E-state index contributed by atoms with van der Waals surface area (Å²) in [6.45, 7) is 3.68. The predicted molar refractivity (Wildman–Crippen MR) is 118 cm³/mol. The van der Waals surface area contributed by atoms with Crippen molar-refractivity contribution in [1.29, 1.82) is 0 Å². The van der Waals surface area contributed by atoms with Crippen LogP contribution in [-0.2, 0) is 9.53 Å². The van der Waals surface area contributed by atoms with Crippen LogP contribution in [-0.4, -0.2) is 17.1 Å². The molecule has 9 heteroatoms. The lowest BCUT2D eigenvalue weighted by atomic mass is 9.96. The smallest absolute Gasteiger partial charge is 0.338 e. The molecule has 1 aliphatic heterocycles. The number of aromatic nitrogens is 1. The lowest BCUT2D eigenvalue weighted by Crippen LogP contribution is -2.40. The summed E-state index contributed by atoms with van der Waals surface area (Å²) in [7, 11) is 0. The highest BCUT2D eigenvalue weighted by Crippen LogP contribution is 2.34. The van der Waals surface area contributed by atoms with Gasteiger partial charge in [0.25, 0.3) is 5.56 Å². The van der Waals surface area contributed by atoms with Crippen molar-refractivity contribution >= 4 is 50.9 Å². The van der Waals surface area contributed by atoms with E-state index in [-0.39, 0.29) is 12.2 Å². The van der Waals surface area contributed by atoms with Crippen LogP contribution in [0.5, 0.6) is 0 Å². The summed E-state index contributed by atoms with van der Waals surface area (Å²) in [6.07, 6.45) is 1.65. The fraction of sp³-hybridized carbons (Fsp3) is 0.190. The molecule has 2 aromatic heterocycles. The van der Waals surface area contributed by atoms with Crippen LogP contribution >= 0.6 is 38.9 Å². The number of ether oxygens (including phenoxy) is 1. The maximum absolute atomic E-state index is 13.4. The van der Waals surface area contributed by atoms with Crippen molar-refractivity contribution in [2.24, 2.45) is 4.99 Å². The zero-order chi connectivity index (χ0) is 21.4. The number of carbonyl (C=O) groups is 1. The number of rotatable bonds is 4. The molecule has 0 bridgehead atoms. The maximum Gasteiger partial charge on any atom is 0.338 e. The van der Waals surface area contributed by atoms with Crippen LogP contribution in [0.2, 0.25) is 5.02 Å². The van der Waals surface area contributed by atoms with Gasteiger partial charge < -0.3 is 9.15 Å². The zero-order valence-electron chi connectivity index (χ0n) is 16.0. The minimum atomic E-state index is -0.737. The van der Waals surface area contributed by atoms with E-state index in [4.69, 9.17) is 20.8 Å². The molecular weight excluding hydrogens is 492 g/mol. The third kappa shape index (κ3) is 3.71. The third-order valence-corrected chi connectivity index (χ3v) is 6.34. The van der Waals surface area contributed by atoms with Gasteiger partial charge in [-0.15, -0.1) is 0 Å². The number of allylic oxidation sites excluding steroid dienone is 1. The van der Waals surface area contributed by atoms with E-state index in [9.17, 15) is 9.59 Å². The summed E-state index contributed by atoms with van der Waals surface area (Å²) >= 11 is 10.9. The van der Waals surface area contributed by atoms with Gasteiger partial charge in [0.05, 0.1) is 22.4 Å². The van der Waals surface area contributed by atoms with E-state index in [0.29, 0.717) is 41.6 Å². The van der Waals surface area contributed by atoms with Crippen LogP contribution in [0.25, 0.3) is 6.08 Å². The van der Waals surface area contributed by atoms with E-state index >= 15 is 0 Å². The Labute approximate surface area is 188 Å². The number of thiazole rings is 1. The highest BCUT2D eigenvalue weighted by molar-refractivity contribution is 9.10. The van der Waals surface area contributed by atoms with Gasteiger partial charge in [0.15, 0.2) is 9.47 Å². The first-order valence-electron chi connectivity index (χ1n) is 9.10. The van der Waals surface area contributed by atoms with Crippen LogP contribution < -0.4 is 14.9 Å². The Balaban J connectivity index is 1.99. The van der Waals surface area contributed by atoms with E-state index in [1.807, 2.05) is 6.07 Å². The molecule has 154 valence electrons. The normalized spacial score (nSPS) is 16.4. The number of carbonyl (C=O) groups excluding carboxylic acids is 1. The van der Waals surface area contributed by atoms with Crippen molar-refractivity contribution in [2.45, 2.75) is 19.9 Å². The Kier molecular flexibility index (Phi) is 5.81. The van der Waals surface area contributed by atoms with Crippen molar-refractivity contribution in [3.05, 3.63) is 88.4 Å². The van der Waals surface area contributed by atoms with Crippen LogP contribution in [0.3, 0.4) is 0 Å². The molecule has 0 amide bonds. The van der Waals surface area contributed by atoms with E-state index in [1.165, 1.54) is 15.9 Å².